The summed E-state index contributed by atoms with van der Waals surface area (Å²) in [5, 5.41) is 10.5. The van der Waals surface area contributed by atoms with Crippen molar-refractivity contribution in [3.63, 3.8) is 0 Å². The third kappa shape index (κ3) is 3.04. The Morgan fingerprint density at radius 2 is 2.08 bits per heavy atom. The van der Waals surface area contributed by atoms with Crippen LogP contribution in [-0.2, 0) is 0 Å². The lowest BCUT2D eigenvalue weighted by Gasteiger charge is -2.13. The van der Waals surface area contributed by atoms with E-state index >= 15 is 0 Å². The number of hydrogen-bond acceptors (Lipinski definition) is 4. The average molecular weight is 337 g/mol. The van der Waals surface area contributed by atoms with Gasteiger partial charge in [0.2, 0.25) is 5.69 Å². The van der Waals surface area contributed by atoms with Gasteiger partial charge in [0.05, 0.1) is 5.56 Å². The Morgan fingerprint density at radius 3 is 2.76 bits per heavy atom. The van der Waals surface area contributed by atoms with Crippen LogP contribution in [-0.4, -0.2) is 28.1 Å². The van der Waals surface area contributed by atoms with Crippen LogP contribution in [0.15, 0.2) is 35.3 Å². The van der Waals surface area contributed by atoms with E-state index in [-0.39, 0.29) is 17.6 Å². The molecule has 1 aliphatic heterocycles. The van der Waals surface area contributed by atoms with Crippen molar-refractivity contribution < 1.29 is 14.5 Å². The van der Waals surface area contributed by atoms with E-state index in [9.17, 15) is 9.90 Å². The van der Waals surface area contributed by atoms with Gasteiger partial charge in [-0.2, -0.15) is 4.58 Å². The van der Waals surface area contributed by atoms with E-state index < -0.39 is 0 Å². The van der Waals surface area contributed by atoms with Gasteiger partial charge in [0.1, 0.15) is 12.0 Å². The second-order valence-electron chi connectivity index (χ2n) is 6.35. The zero-order chi connectivity index (χ0) is 18.1. The Hall–Kier alpha value is -2.99. The van der Waals surface area contributed by atoms with Gasteiger partial charge >= 0.3 is 0 Å². The minimum Gasteiger partial charge on any atom is -0.507 e. The van der Waals surface area contributed by atoms with E-state index in [1.54, 1.807) is 24.5 Å². The number of aryl methyl sites for hydroxylation is 1. The molecule has 0 radical (unpaired) electrons. The maximum absolute atomic E-state index is 11.8. The highest BCUT2D eigenvalue weighted by atomic mass is 16.3. The number of nitrogens with zero attached hydrogens (tertiary/aromatic N) is 2. The molecule has 128 valence electrons. The highest BCUT2D eigenvalue weighted by Crippen LogP contribution is 2.34. The van der Waals surface area contributed by atoms with Gasteiger partial charge in [-0.05, 0) is 41.1 Å². The Morgan fingerprint density at radius 1 is 1.32 bits per heavy atom. The zero-order valence-corrected chi connectivity index (χ0v) is 14.4. The molecule has 0 unspecified atom stereocenters. The summed E-state index contributed by atoms with van der Waals surface area (Å²) in [4.78, 5) is 16.1. The van der Waals surface area contributed by atoms with Crippen molar-refractivity contribution in [2.45, 2.75) is 26.7 Å². The number of nitrogen functional groups attached to an aromatic ring is 1. The number of benzene rings is 2. The quantitative estimate of drug-likeness (QED) is 0.348. The first-order valence-electron chi connectivity index (χ1n) is 8.07. The van der Waals surface area contributed by atoms with Crippen LogP contribution in [0.5, 0.6) is 5.75 Å². The molecule has 0 atom stereocenters. The molecule has 3 rings (SSSR count). The molecule has 2 aromatic carbocycles. The summed E-state index contributed by atoms with van der Waals surface area (Å²) in [7, 11) is 0. The van der Waals surface area contributed by atoms with Crippen molar-refractivity contribution >= 4 is 29.8 Å². The van der Waals surface area contributed by atoms with Gasteiger partial charge in [-0.1, -0.05) is 26.0 Å². The van der Waals surface area contributed by atoms with E-state index in [4.69, 9.17) is 5.84 Å². The summed E-state index contributed by atoms with van der Waals surface area (Å²) < 4.78 is 1.81. The third-order valence-corrected chi connectivity index (χ3v) is 4.31. The molecular formula is C19H21N4O2+. The van der Waals surface area contributed by atoms with Crippen LogP contribution in [0.25, 0.3) is 0 Å². The fourth-order valence-electron chi connectivity index (χ4n) is 2.86. The molecule has 6 nitrogen and oxygen atoms in total. The zero-order valence-electron chi connectivity index (χ0n) is 14.4. The molecule has 0 saturated heterocycles. The first kappa shape index (κ1) is 16.9. The fraction of sp³-hybridized carbons (Fsp3) is 0.211. The summed E-state index contributed by atoms with van der Waals surface area (Å²) >= 11 is 0. The molecular weight excluding hydrogens is 316 g/mol. The predicted octanol–water partition coefficient (Wildman–Crippen LogP) is 2.86. The Kier molecular flexibility index (Phi) is 4.37. The summed E-state index contributed by atoms with van der Waals surface area (Å²) in [6, 6.07) is 9.11. The maximum atomic E-state index is 11.8. The second-order valence-corrected chi connectivity index (χ2v) is 6.35. The fourth-order valence-corrected chi connectivity index (χ4v) is 2.86. The SMILES string of the molecule is Cc1ccc(C(C)C)c(C=[N+]2C=Nc3ccc(C(=O)NN)cc32)c1O. The van der Waals surface area contributed by atoms with Crippen LogP contribution >= 0.6 is 0 Å². The standard InChI is InChI=1S/C19H20N4O2/c1-11(2)14-6-4-12(3)18(24)15(14)9-23-10-21-16-7-5-13(8-17(16)23)19(25)22-20/h4-11H,20H2,1-3H3,(H,22,25)/p+1. The molecule has 0 spiro atoms. The third-order valence-electron chi connectivity index (χ3n) is 4.31. The highest BCUT2D eigenvalue weighted by Gasteiger charge is 2.24. The number of phenols is 1. The Balaban J connectivity index is 2.14. The lowest BCUT2D eigenvalue weighted by atomic mass is 9.95. The number of nitrogens with one attached hydrogen (secondary N) is 1. The van der Waals surface area contributed by atoms with Crippen LogP contribution in [0.3, 0.4) is 0 Å². The lowest BCUT2D eigenvalue weighted by molar-refractivity contribution is -0.282. The molecule has 4 N–H and O–H groups in total. The summed E-state index contributed by atoms with van der Waals surface area (Å²) in [5.74, 6) is 5.36. The smallest absolute Gasteiger partial charge is 0.292 e. The predicted molar refractivity (Wildman–Crippen MR) is 98.3 cm³/mol. The largest absolute Gasteiger partial charge is 0.507 e. The highest BCUT2D eigenvalue weighted by molar-refractivity contribution is 5.96. The van der Waals surface area contributed by atoms with Crippen LogP contribution in [0, 0.1) is 6.92 Å². The monoisotopic (exact) mass is 337 g/mol. The molecule has 0 aliphatic carbocycles. The Labute approximate surface area is 146 Å². The number of aromatic hydroxyl groups is 1. The number of hydrazine groups is 1. The average Bonchev–Trinajstić information content (AvgIpc) is 3.00. The first-order valence-corrected chi connectivity index (χ1v) is 8.07. The van der Waals surface area contributed by atoms with Crippen LogP contribution in [0.1, 0.15) is 46.8 Å². The van der Waals surface area contributed by atoms with E-state index in [0.717, 1.165) is 28.1 Å². The molecule has 1 amide bonds. The van der Waals surface area contributed by atoms with Gasteiger partial charge in [-0.3, -0.25) is 10.2 Å². The van der Waals surface area contributed by atoms with E-state index in [2.05, 4.69) is 24.3 Å². The van der Waals surface area contributed by atoms with E-state index in [0.29, 0.717) is 5.56 Å². The molecule has 0 fully saturated rings. The minimum absolute atomic E-state index is 0.254. The van der Waals surface area contributed by atoms with Crippen LogP contribution in [0.4, 0.5) is 11.4 Å². The van der Waals surface area contributed by atoms with Crippen molar-refractivity contribution in [2.24, 2.45) is 10.8 Å². The van der Waals surface area contributed by atoms with Crippen molar-refractivity contribution in [2.75, 3.05) is 0 Å². The maximum Gasteiger partial charge on any atom is 0.292 e. The van der Waals surface area contributed by atoms with E-state index in [1.165, 1.54) is 0 Å². The molecule has 2 aromatic rings. The molecule has 1 aliphatic rings. The summed E-state index contributed by atoms with van der Waals surface area (Å²) in [6.07, 6.45) is 3.51. The van der Waals surface area contributed by atoms with Crippen molar-refractivity contribution in [1.29, 1.82) is 0 Å². The number of aliphatic imine (C=N–C) groups is 1. The van der Waals surface area contributed by atoms with Crippen LogP contribution < -0.4 is 11.3 Å². The number of nitrogens with two attached hydrogens (primary N) is 1. The molecule has 0 saturated carbocycles. The van der Waals surface area contributed by atoms with Crippen molar-refractivity contribution in [3.8, 4) is 5.75 Å². The second kappa shape index (κ2) is 6.49. The van der Waals surface area contributed by atoms with Gasteiger partial charge < -0.3 is 5.11 Å². The molecule has 0 aromatic heterocycles. The van der Waals surface area contributed by atoms with Gasteiger partial charge in [0.25, 0.3) is 12.2 Å². The molecule has 6 heteroatoms. The number of rotatable bonds is 3. The van der Waals surface area contributed by atoms with Gasteiger partial charge in [0, 0.05) is 11.6 Å². The lowest BCUT2D eigenvalue weighted by Crippen LogP contribution is -2.29. The van der Waals surface area contributed by atoms with Crippen molar-refractivity contribution in [3.05, 3.63) is 52.6 Å². The Bertz CT molecular complexity index is 914. The topological polar surface area (TPSA) is 90.7 Å². The number of fused-ring (bicyclic) bond motifs is 1. The number of carbonyl (C=O) groups is 1. The molecule has 1 heterocycles. The normalized spacial score (nSPS) is 14.2. The number of amides is 1. The van der Waals surface area contributed by atoms with Gasteiger partial charge in [0.15, 0.2) is 5.69 Å². The summed E-state index contributed by atoms with van der Waals surface area (Å²) in [6.45, 7) is 6.03. The van der Waals surface area contributed by atoms with Gasteiger partial charge in [-0.15, -0.1) is 0 Å². The minimum atomic E-state index is -0.365. The first-order chi connectivity index (χ1) is 11.9. The summed E-state index contributed by atoms with van der Waals surface area (Å²) in [5.41, 5.74) is 6.69. The van der Waals surface area contributed by atoms with Crippen LogP contribution in [0.2, 0.25) is 0 Å². The molecule has 25 heavy (non-hydrogen) atoms. The number of hydrogen-bond donors (Lipinski definition) is 3. The number of phenolic OH excluding ortho intramolecular Hbond substituents is 1. The van der Waals surface area contributed by atoms with Crippen molar-refractivity contribution in [1.82, 2.24) is 5.43 Å². The molecule has 0 bridgehead atoms. The van der Waals surface area contributed by atoms with Gasteiger partial charge in [-0.25, -0.2) is 5.84 Å². The number of carbonyl (C=O) groups excluding carboxylic acids is 1. The van der Waals surface area contributed by atoms with E-state index in [1.807, 2.05) is 29.8 Å².